The quantitative estimate of drug-likeness (QED) is 0.736. The van der Waals surface area contributed by atoms with Crippen LogP contribution in [-0.4, -0.2) is 6.61 Å². The lowest BCUT2D eigenvalue weighted by Crippen LogP contribution is -2.06. The van der Waals surface area contributed by atoms with Crippen LogP contribution in [0.25, 0.3) is 0 Å². The normalized spacial score (nSPS) is 12.0. The molecule has 2 aromatic carbocycles. The zero-order chi connectivity index (χ0) is 15.2. The second-order valence-electron chi connectivity index (χ2n) is 4.91. The van der Waals surface area contributed by atoms with Gasteiger partial charge in [-0.1, -0.05) is 13.0 Å². The lowest BCUT2D eigenvalue weighted by molar-refractivity contribution is 0.317. The molecule has 0 radical (unpaired) electrons. The maximum Gasteiger partial charge on any atom is 0.137 e. The number of ether oxygens (including phenoxy) is 1. The average Bonchev–Trinajstić information content (AvgIpc) is 2.49. The topological polar surface area (TPSA) is 21.3 Å². The summed E-state index contributed by atoms with van der Waals surface area (Å²) < 4.78 is 19.3. The smallest absolute Gasteiger partial charge is 0.137 e. The highest BCUT2D eigenvalue weighted by Gasteiger charge is 2.08. The van der Waals surface area contributed by atoms with Crippen LogP contribution in [0.4, 0.5) is 10.1 Å². The molecule has 2 rings (SSSR count). The molecule has 1 atom stereocenters. The molecule has 2 nitrogen and oxygen atoms in total. The van der Waals surface area contributed by atoms with Gasteiger partial charge in [0, 0.05) is 11.7 Å². The Labute approximate surface area is 133 Å². The lowest BCUT2D eigenvalue weighted by Gasteiger charge is -2.16. The van der Waals surface area contributed by atoms with Gasteiger partial charge < -0.3 is 10.1 Å². The van der Waals surface area contributed by atoms with E-state index in [1.807, 2.05) is 31.2 Å². The second-order valence-corrected chi connectivity index (χ2v) is 5.77. The van der Waals surface area contributed by atoms with Gasteiger partial charge in [0.15, 0.2) is 0 Å². The number of hydrogen-bond donors (Lipinski definition) is 1. The van der Waals surface area contributed by atoms with Crippen molar-refractivity contribution in [3.8, 4) is 5.75 Å². The minimum atomic E-state index is -0.247. The number of benzene rings is 2. The molecule has 112 valence electrons. The van der Waals surface area contributed by atoms with Gasteiger partial charge in [-0.05, 0) is 71.2 Å². The van der Waals surface area contributed by atoms with E-state index in [2.05, 4.69) is 28.2 Å². The first kappa shape index (κ1) is 15.8. The van der Waals surface area contributed by atoms with Gasteiger partial charge in [0.25, 0.3) is 0 Å². The van der Waals surface area contributed by atoms with Crippen molar-refractivity contribution in [1.29, 1.82) is 0 Å². The highest BCUT2D eigenvalue weighted by Crippen LogP contribution is 2.25. The van der Waals surface area contributed by atoms with Crippen LogP contribution in [0.3, 0.4) is 0 Å². The van der Waals surface area contributed by atoms with Gasteiger partial charge in [-0.15, -0.1) is 0 Å². The van der Waals surface area contributed by atoms with Gasteiger partial charge in [-0.2, -0.15) is 0 Å². The lowest BCUT2D eigenvalue weighted by atomic mass is 10.1. The fourth-order valence-corrected chi connectivity index (χ4v) is 2.38. The third-order valence-electron chi connectivity index (χ3n) is 3.15. The Morgan fingerprint density at radius 2 is 1.90 bits per heavy atom. The molecule has 2 aromatic rings. The van der Waals surface area contributed by atoms with E-state index in [0.29, 0.717) is 4.47 Å². The summed E-state index contributed by atoms with van der Waals surface area (Å²) >= 11 is 3.21. The van der Waals surface area contributed by atoms with Crippen LogP contribution in [-0.2, 0) is 0 Å². The van der Waals surface area contributed by atoms with Crippen molar-refractivity contribution < 1.29 is 9.13 Å². The van der Waals surface area contributed by atoms with Gasteiger partial charge >= 0.3 is 0 Å². The minimum Gasteiger partial charge on any atom is -0.494 e. The molecule has 0 heterocycles. The fraction of sp³-hybridized carbons (Fsp3) is 0.294. The van der Waals surface area contributed by atoms with Crippen LogP contribution in [0.5, 0.6) is 5.75 Å². The highest BCUT2D eigenvalue weighted by molar-refractivity contribution is 9.10. The van der Waals surface area contributed by atoms with Crippen LogP contribution in [0.15, 0.2) is 46.9 Å². The maximum absolute atomic E-state index is 13.3. The molecule has 0 amide bonds. The summed E-state index contributed by atoms with van der Waals surface area (Å²) in [6, 6.07) is 13.0. The summed E-state index contributed by atoms with van der Waals surface area (Å²) in [5, 5.41) is 3.39. The molecule has 0 aliphatic rings. The van der Waals surface area contributed by atoms with Gasteiger partial charge in [0.05, 0.1) is 11.1 Å². The molecule has 0 aliphatic carbocycles. The zero-order valence-corrected chi connectivity index (χ0v) is 13.8. The highest BCUT2D eigenvalue weighted by atomic mass is 79.9. The Morgan fingerprint density at radius 1 is 1.19 bits per heavy atom. The first-order valence-electron chi connectivity index (χ1n) is 7.04. The van der Waals surface area contributed by atoms with Crippen LogP contribution < -0.4 is 10.1 Å². The molecule has 0 spiro atoms. The van der Waals surface area contributed by atoms with Crippen LogP contribution in [0.1, 0.15) is 31.9 Å². The van der Waals surface area contributed by atoms with E-state index in [4.69, 9.17) is 4.74 Å². The summed E-state index contributed by atoms with van der Waals surface area (Å²) in [4.78, 5) is 0. The van der Waals surface area contributed by atoms with Crippen molar-refractivity contribution in [2.24, 2.45) is 0 Å². The van der Waals surface area contributed by atoms with Gasteiger partial charge in [0.1, 0.15) is 11.6 Å². The molecule has 0 fully saturated rings. The molecule has 0 saturated carbocycles. The van der Waals surface area contributed by atoms with E-state index in [9.17, 15) is 4.39 Å². The molecule has 0 aliphatic heterocycles. The summed E-state index contributed by atoms with van der Waals surface area (Å²) in [5.74, 6) is 0.628. The van der Waals surface area contributed by atoms with E-state index in [-0.39, 0.29) is 11.9 Å². The Kier molecular flexibility index (Phi) is 5.62. The molecule has 21 heavy (non-hydrogen) atoms. The van der Waals surface area contributed by atoms with E-state index in [0.717, 1.165) is 30.0 Å². The molecule has 1 N–H and O–H groups in total. The van der Waals surface area contributed by atoms with Crippen LogP contribution >= 0.6 is 15.9 Å². The molecular weight excluding hydrogens is 333 g/mol. The Bertz CT molecular complexity index is 586. The van der Waals surface area contributed by atoms with Gasteiger partial charge in [-0.25, -0.2) is 4.39 Å². The number of hydrogen-bond acceptors (Lipinski definition) is 2. The van der Waals surface area contributed by atoms with Gasteiger partial charge in [0.2, 0.25) is 0 Å². The Balaban J connectivity index is 2.01. The maximum atomic E-state index is 13.3. The predicted octanol–water partition coefficient (Wildman–Crippen LogP) is 5.55. The van der Waals surface area contributed by atoms with Crippen molar-refractivity contribution in [1.82, 2.24) is 0 Å². The molecule has 0 bridgehead atoms. The number of halogens is 2. The largest absolute Gasteiger partial charge is 0.494 e. The number of nitrogens with one attached hydrogen (secondary N) is 1. The zero-order valence-electron chi connectivity index (χ0n) is 12.2. The minimum absolute atomic E-state index is 0.0873. The summed E-state index contributed by atoms with van der Waals surface area (Å²) in [6.07, 6.45) is 0.997. The van der Waals surface area contributed by atoms with E-state index in [1.54, 1.807) is 12.1 Å². The molecule has 4 heteroatoms. The van der Waals surface area contributed by atoms with E-state index < -0.39 is 0 Å². The molecule has 0 aromatic heterocycles. The third-order valence-corrected chi connectivity index (χ3v) is 3.76. The first-order chi connectivity index (χ1) is 10.1. The van der Waals surface area contributed by atoms with Crippen molar-refractivity contribution in [3.63, 3.8) is 0 Å². The first-order valence-corrected chi connectivity index (χ1v) is 7.83. The van der Waals surface area contributed by atoms with E-state index >= 15 is 0 Å². The Morgan fingerprint density at radius 3 is 2.52 bits per heavy atom. The fourth-order valence-electron chi connectivity index (χ4n) is 1.98. The van der Waals surface area contributed by atoms with Crippen molar-refractivity contribution in [2.45, 2.75) is 26.3 Å². The second kappa shape index (κ2) is 7.46. The summed E-state index contributed by atoms with van der Waals surface area (Å²) in [6.45, 7) is 4.85. The van der Waals surface area contributed by atoms with Crippen LogP contribution in [0, 0.1) is 5.82 Å². The van der Waals surface area contributed by atoms with Crippen LogP contribution in [0.2, 0.25) is 0 Å². The Hall–Kier alpha value is -1.55. The van der Waals surface area contributed by atoms with Crippen molar-refractivity contribution >= 4 is 21.6 Å². The average molecular weight is 352 g/mol. The van der Waals surface area contributed by atoms with Crippen molar-refractivity contribution in [2.75, 3.05) is 11.9 Å². The predicted molar refractivity (Wildman–Crippen MR) is 88.4 cm³/mol. The number of rotatable bonds is 6. The summed E-state index contributed by atoms with van der Waals surface area (Å²) in [5.41, 5.74) is 2.03. The SMILES string of the molecule is CCCOc1ccc(NC(C)c2ccc(F)c(Br)c2)cc1. The van der Waals surface area contributed by atoms with Gasteiger partial charge in [-0.3, -0.25) is 0 Å². The summed E-state index contributed by atoms with van der Waals surface area (Å²) in [7, 11) is 0. The number of anilines is 1. The molecule has 0 saturated heterocycles. The van der Waals surface area contributed by atoms with E-state index in [1.165, 1.54) is 6.07 Å². The molecular formula is C17H19BrFNO. The monoisotopic (exact) mass is 351 g/mol. The standard InChI is InChI=1S/C17H19BrFNO/c1-3-10-21-15-7-5-14(6-8-15)20-12(2)13-4-9-17(19)16(18)11-13/h4-9,11-12,20H,3,10H2,1-2H3. The molecule has 1 unspecified atom stereocenters. The third kappa shape index (κ3) is 4.46. The van der Waals surface area contributed by atoms with Crippen molar-refractivity contribution in [3.05, 3.63) is 58.3 Å².